The molecule has 45 heavy (non-hydrogen) atoms. The number of aromatic nitrogens is 4. The molecule has 1 fully saturated rings. The monoisotopic (exact) mass is 678 g/mol. The number of hydrogen-bond acceptors (Lipinski definition) is 12. The van der Waals surface area contributed by atoms with Crippen LogP contribution in [0, 0.1) is 0 Å². The molecule has 0 radical (unpaired) electrons. The minimum atomic E-state index is -1.72. The van der Waals surface area contributed by atoms with Crippen molar-refractivity contribution in [1.29, 1.82) is 0 Å². The lowest BCUT2D eigenvalue weighted by molar-refractivity contribution is -0.130. The van der Waals surface area contributed by atoms with Crippen LogP contribution in [-0.4, -0.2) is 93.8 Å². The zero-order valence-electron chi connectivity index (χ0n) is 26.8. The highest BCUT2D eigenvalue weighted by Crippen LogP contribution is 2.45. The number of likely N-dealkylation sites (N-methyl/N-ethyl adjacent to an activating group) is 1. The maximum Gasteiger partial charge on any atom is 0.425 e. The van der Waals surface area contributed by atoms with Gasteiger partial charge < -0.3 is 33.3 Å². The largest absolute Gasteiger partial charge is 0.443 e. The molecule has 3 heterocycles. The van der Waals surface area contributed by atoms with Crippen LogP contribution in [-0.2, 0) is 32.8 Å². The molecule has 2 aromatic heterocycles. The fraction of sp³-hybridized carbons (Fsp3) is 0.704. The second kappa shape index (κ2) is 15.2. The standard InChI is InChI=1S/C27H41ClFN6O9P/c1-10-40-45(41-11-2)22(20(36)30-9)39-13-15-12-16(29)21(42-15)34-14-31-17-18(34)32-23(28)33-19(17)35(24(37)43-26(3,4)5)25(38)44-27(6,7)8/h14-16,21-22H,10-13H2,1-9H3,(H,30,36). The van der Waals surface area contributed by atoms with Crippen molar-refractivity contribution >= 4 is 55.1 Å². The average Bonchev–Trinajstić information content (AvgIpc) is 3.49. The van der Waals surface area contributed by atoms with Crippen LogP contribution < -0.4 is 10.2 Å². The van der Waals surface area contributed by atoms with Crippen molar-refractivity contribution in [3.05, 3.63) is 11.6 Å². The summed E-state index contributed by atoms with van der Waals surface area (Å²) in [6, 6.07) is 0. The molecule has 1 aliphatic heterocycles. The topological polar surface area (TPSA) is 165 Å². The lowest BCUT2D eigenvalue weighted by Gasteiger charge is -2.28. The minimum Gasteiger partial charge on any atom is -0.443 e. The molecule has 18 heteroatoms. The highest BCUT2D eigenvalue weighted by atomic mass is 35.5. The molecule has 4 atom stereocenters. The second-order valence-electron chi connectivity index (χ2n) is 11.8. The van der Waals surface area contributed by atoms with Gasteiger partial charge in [0.05, 0.1) is 32.3 Å². The molecule has 3 amide bonds. The number of imide groups is 1. The van der Waals surface area contributed by atoms with Crippen LogP contribution in [0.2, 0.25) is 5.28 Å². The van der Waals surface area contributed by atoms with Crippen LogP contribution in [0.1, 0.15) is 68.0 Å². The van der Waals surface area contributed by atoms with E-state index in [1.807, 2.05) is 0 Å². The smallest absolute Gasteiger partial charge is 0.425 e. The van der Waals surface area contributed by atoms with Crippen LogP contribution in [0.5, 0.6) is 0 Å². The Morgan fingerprint density at radius 2 is 1.69 bits per heavy atom. The Morgan fingerprint density at radius 1 is 1.11 bits per heavy atom. The summed E-state index contributed by atoms with van der Waals surface area (Å²) in [6.45, 7) is 13.7. The van der Waals surface area contributed by atoms with Crippen molar-refractivity contribution in [3.8, 4) is 0 Å². The van der Waals surface area contributed by atoms with Crippen molar-refractivity contribution in [3.63, 3.8) is 0 Å². The number of rotatable bonds is 11. The van der Waals surface area contributed by atoms with Crippen molar-refractivity contribution in [2.24, 2.45) is 0 Å². The van der Waals surface area contributed by atoms with Gasteiger partial charge in [0.25, 0.3) is 5.91 Å². The first-order valence-corrected chi connectivity index (χ1v) is 16.0. The number of nitrogens with one attached hydrogen (secondary N) is 1. The van der Waals surface area contributed by atoms with E-state index in [1.54, 1.807) is 55.4 Å². The fourth-order valence-electron chi connectivity index (χ4n) is 4.11. The SMILES string of the molecule is CCOP(OCC)C(OCC1CC(F)C(n2cnc3c(N(C(=O)OC(C)(C)C)C(=O)OC(C)(C)C)nc(Cl)nc32)O1)C(=O)NC. The lowest BCUT2D eigenvalue weighted by Crippen LogP contribution is -2.44. The van der Waals surface area contributed by atoms with Crippen molar-refractivity contribution in [2.45, 2.75) is 97.4 Å². The Labute approximate surface area is 267 Å². The molecule has 0 aromatic carbocycles. The maximum absolute atomic E-state index is 15.5. The van der Waals surface area contributed by atoms with E-state index in [0.29, 0.717) is 18.1 Å². The molecule has 4 unspecified atom stereocenters. The highest BCUT2D eigenvalue weighted by molar-refractivity contribution is 7.49. The first kappa shape index (κ1) is 36.7. The Hall–Kier alpha value is -2.75. The third-order valence-corrected chi connectivity index (χ3v) is 7.72. The van der Waals surface area contributed by atoms with Gasteiger partial charge in [-0.05, 0) is 67.0 Å². The van der Waals surface area contributed by atoms with Crippen LogP contribution in [0.25, 0.3) is 11.2 Å². The van der Waals surface area contributed by atoms with Gasteiger partial charge in [-0.3, -0.25) is 9.36 Å². The molecule has 0 saturated carbocycles. The quantitative estimate of drug-likeness (QED) is 0.243. The summed E-state index contributed by atoms with van der Waals surface area (Å²) in [5, 5.41) is 2.16. The molecule has 252 valence electrons. The van der Waals surface area contributed by atoms with Gasteiger partial charge in [0.15, 0.2) is 23.2 Å². The number of imidazole rings is 1. The summed E-state index contributed by atoms with van der Waals surface area (Å²) in [6.07, 6.45) is -4.60. The molecule has 1 aliphatic rings. The number of halogens is 2. The van der Waals surface area contributed by atoms with Gasteiger partial charge in [0.2, 0.25) is 19.5 Å². The summed E-state index contributed by atoms with van der Waals surface area (Å²) < 4.78 is 50.6. The Balaban J connectivity index is 1.93. The molecule has 0 spiro atoms. The van der Waals surface area contributed by atoms with Gasteiger partial charge in [-0.2, -0.15) is 14.9 Å². The maximum atomic E-state index is 15.5. The van der Waals surface area contributed by atoms with E-state index < -0.39 is 62.0 Å². The van der Waals surface area contributed by atoms with Gasteiger partial charge in [0.1, 0.15) is 17.4 Å². The number of alkyl halides is 1. The Bertz CT molecular complexity index is 1320. The third-order valence-electron chi connectivity index (χ3n) is 5.76. The van der Waals surface area contributed by atoms with E-state index in [0.717, 1.165) is 0 Å². The van der Waals surface area contributed by atoms with E-state index in [1.165, 1.54) is 17.9 Å². The number of carbonyl (C=O) groups is 3. The fourth-order valence-corrected chi connectivity index (χ4v) is 5.66. The van der Waals surface area contributed by atoms with Gasteiger partial charge in [0, 0.05) is 13.5 Å². The first-order valence-electron chi connectivity index (χ1n) is 14.3. The first-order chi connectivity index (χ1) is 21.0. The summed E-state index contributed by atoms with van der Waals surface area (Å²) in [4.78, 5) is 52.1. The van der Waals surface area contributed by atoms with Gasteiger partial charge in [-0.25, -0.2) is 19.0 Å². The molecule has 2 aromatic rings. The number of fused-ring (bicyclic) bond motifs is 1. The molecule has 3 rings (SSSR count). The van der Waals surface area contributed by atoms with Crippen molar-refractivity contribution in [1.82, 2.24) is 24.8 Å². The molecule has 0 aliphatic carbocycles. The Morgan fingerprint density at radius 3 is 2.20 bits per heavy atom. The minimum absolute atomic E-state index is 0.0178. The molecule has 1 saturated heterocycles. The number of anilines is 1. The average molecular weight is 679 g/mol. The van der Waals surface area contributed by atoms with Crippen molar-refractivity contribution < 1.29 is 46.8 Å². The van der Waals surface area contributed by atoms with Gasteiger partial charge >= 0.3 is 12.2 Å². The number of nitrogens with zero attached hydrogens (tertiary/aromatic N) is 5. The zero-order valence-corrected chi connectivity index (χ0v) is 28.5. The summed E-state index contributed by atoms with van der Waals surface area (Å²) in [5.74, 6) is -1.84. The van der Waals surface area contributed by atoms with E-state index in [9.17, 15) is 14.4 Å². The van der Waals surface area contributed by atoms with Crippen molar-refractivity contribution in [2.75, 3.05) is 31.8 Å². The second-order valence-corrected chi connectivity index (χ2v) is 13.7. The molecular weight excluding hydrogens is 638 g/mol. The van der Waals surface area contributed by atoms with Gasteiger partial charge in [-0.1, -0.05) is 0 Å². The lowest BCUT2D eigenvalue weighted by atomic mass is 10.2. The van der Waals surface area contributed by atoms with E-state index >= 15 is 4.39 Å². The van der Waals surface area contributed by atoms with Crippen LogP contribution >= 0.6 is 20.0 Å². The van der Waals surface area contributed by atoms with E-state index in [4.69, 9.17) is 39.6 Å². The molecule has 0 bridgehead atoms. The van der Waals surface area contributed by atoms with Crippen LogP contribution in [0.4, 0.5) is 19.8 Å². The molecule has 15 nitrogen and oxygen atoms in total. The number of carbonyl (C=O) groups excluding carboxylic acids is 3. The van der Waals surface area contributed by atoms with E-state index in [-0.39, 0.29) is 35.3 Å². The highest BCUT2D eigenvalue weighted by Gasteiger charge is 2.41. The zero-order chi connectivity index (χ0) is 33.7. The number of amides is 3. The van der Waals surface area contributed by atoms with Crippen LogP contribution in [0.3, 0.4) is 0 Å². The van der Waals surface area contributed by atoms with Gasteiger partial charge in [-0.15, -0.1) is 0 Å². The van der Waals surface area contributed by atoms with E-state index in [2.05, 4.69) is 20.3 Å². The number of ether oxygens (including phenoxy) is 4. The molecule has 1 N–H and O–H groups in total. The number of hydrogen-bond donors (Lipinski definition) is 1. The third kappa shape index (κ3) is 9.63. The van der Waals surface area contributed by atoms with Crippen LogP contribution in [0.15, 0.2) is 6.33 Å². The summed E-state index contributed by atoms with van der Waals surface area (Å²) in [7, 11) is -0.265. The molecular formula is C27H41ClFN6O9P. The summed E-state index contributed by atoms with van der Waals surface area (Å²) in [5.41, 5.74) is -2.04. The predicted molar refractivity (Wildman–Crippen MR) is 163 cm³/mol. The summed E-state index contributed by atoms with van der Waals surface area (Å²) >= 11 is 6.24. The normalized spacial score (nSPS) is 19.5. The Kier molecular flexibility index (Phi) is 12.4. The predicted octanol–water partition coefficient (Wildman–Crippen LogP) is 5.26.